The molecule has 47 heavy (non-hydrogen) atoms. The van der Waals surface area contributed by atoms with Crippen molar-refractivity contribution in [2.45, 2.75) is 134 Å². The second-order valence-electron chi connectivity index (χ2n) is 19.8. The predicted molar refractivity (Wildman–Crippen MR) is 222 cm³/mol. The van der Waals surface area contributed by atoms with Gasteiger partial charge >= 0.3 is 0 Å². The van der Waals surface area contributed by atoms with E-state index in [1.807, 2.05) is 0 Å². The third-order valence-electron chi connectivity index (χ3n) is 16.8. The van der Waals surface area contributed by atoms with E-state index >= 15 is 0 Å². The van der Waals surface area contributed by atoms with Crippen molar-refractivity contribution < 1.29 is 0 Å². The Balaban J connectivity index is 1.24. The van der Waals surface area contributed by atoms with Crippen molar-refractivity contribution in [1.82, 2.24) is 0 Å². The topological polar surface area (TPSA) is 0 Å². The van der Waals surface area contributed by atoms with Crippen LogP contribution in [0, 0.1) is 69.0 Å². The van der Waals surface area contributed by atoms with E-state index in [1.54, 1.807) is 42.7 Å². The molecule has 12 aliphatic carbocycles. The van der Waals surface area contributed by atoms with Gasteiger partial charge in [0, 0.05) is 0 Å². The molecule has 260 valence electrons. The molecule has 0 heterocycles. The molecule has 0 N–H and O–H groups in total. The van der Waals surface area contributed by atoms with Gasteiger partial charge in [-0.25, -0.2) is 0 Å². The normalized spacial score (nSPS) is 42.5. The fourth-order valence-electron chi connectivity index (χ4n) is 12.3. The zero-order valence-electron chi connectivity index (χ0n) is 31.2. The van der Waals surface area contributed by atoms with E-state index < -0.39 is 8.88 Å². The minimum Gasteiger partial charge on any atom is -0.0779 e. The van der Waals surface area contributed by atoms with E-state index in [2.05, 4.69) is 117 Å². The summed E-state index contributed by atoms with van der Waals surface area (Å²) in [6, 6.07) is 0. The smallest absolute Gasteiger partial charge is 0.0779 e. The molecule has 8 bridgehead atoms. The van der Waals surface area contributed by atoms with Crippen LogP contribution < -0.4 is 0 Å². The lowest BCUT2D eigenvalue weighted by Crippen LogP contribution is -2.49. The van der Waals surface area contributed by atoms with Crippen molar-refractivity contribution in [3.05, 3.63) is 42.7 Å². The van der Waals surface area contributed by atoms with Gasteiger partial charge in [0.1, 0.15) is 0 Å². The summed E-state index contributed by atoms with van der Waals surface area (Å²) in [7, 11) is 0. The fourth-order valence-corrected chi connectivity index (χ4v) is 51.4. The highest BCUT2D eigenvalue weighted by atomic mass is 33.5. The van der Waals surface area contributed by atoms with Gasteiger partial charge in [-0.05, 0) is 169 Å². The quantitative estimate of drug-likeness (QED) is 0.225. The summed E-state index contributed by atoms with van der Waals surface area (Å²) >= 11 is 21.5. The van der Waals surface area contributed by atoms with Gasteiger partial charge in [0.05, 0.1) is 8.88 Å². The highest BCUT2D eigenvalue weighted by Gasteiger charge is 2.59. The Morgan fingerprint density at radius 2 is 0.745 bits per heavy atom. The van der Waals surface area contributed by atoms with E-state index in [-0.39, 0.29) is 0 Å². The maximum atomic E-state index is 7.35. The average Bonchev–Trinajstić information content (AvgIpc) is 2.97. The Hall–Kier alpha value is 1.31. The number of hydrogen-bond donors (Lipinski definition) is 0. The first kappa shape index (κ1) is 35.3. The van der Waals surface area contributed by atoms with Gasteiger partial charge in [0.25, 0.3) is 0 Å². The average molecular weight is 763 g/mol. The summed E-state index contributed by atoms with van der Waals surface area (Å²) in [5, 5.41) is 3.43. The molecule has 4 fully saturated rings. The molecule has 0 aromatic rings. The second-order valence-corrected chi connectivity index (χ2v) is 41.4. The highest BCUT2D eigenvalue weighted by molar-refractivity contribution is 9.25. The van der Waals surface area contributed by atoms with Crippen LogP contribution in [0.5, 0.6) is 0 Å². The van der Waals surface area contributed by atoms with Gasteiger partial charge in [-0.3, -0.25) is 0 Å². The Morgan fingerprint density at radius 1 is 0.468 bits per heavy atom. The first-order chi connectivity index (χ1) is 21.6. The molecular formula is C40H60P2S5. The number of rotatable bonds is 8. The third kappa shape index (κ3) is 4.86. The van der Waals surface area contributed by atoms with E-state index in [1.165, 1.54) is 51.4 Å². The molecule has 10 unspecified atom stereocenters. The summed E-state index contributed by atoms with van der Waals surface area (Å²) in [4.78, 5) is 3.36. The van der Waals surface area contributed by atoms with Crippen LogP contribution in [0.3, 0.4) is 0 Å². The molecule has 0 aromatic heterocycles. The molecule has 4 saturated carbocycles. The lowest BCUT2D eigenvalue weighted by Gasteiger charge is -2.60. The summed E-state index contributed by atoms with van der Waals surface area (Å²) < 4.78 is -4.16. The van der Waals surface area contributed by atoms with Crippen molar-refractivity contribution >= 4 is 66.3 Å². The summed E-state index contributed by atoms with van der Waals surface area (Å²) in [6.07, 6.45) is 10.5. The largest absolute Gasteiger partial charge is 0.0911 e. The van der Waals surface area contributed by atoms with Crippen LogP contribution in [0.1, 0.15) is 134 Å². The monoisotopic (exact) mass is 762 g/mol. The van der Waals surface area contributed by atoms with Crippen LogP contribution in [0.2, 0.25) is 0 Å². The summed E-state index contributed by atoms with van der Waals surface area (Å²) in [5.74, 6) is 6.12. The van der Waals surface area contributed by atoms with E-state index in [4.69, 9.17) is 23.6 Å². The Labute approximate surface area is 310 Å². The van der Waals surface area contributed by atoms with Gasteiger partial charge in [-0.1, -0.05) is 135 Å². The van der Waals surface area contributed by atoms with E-state index in [0.717, 1.165) is 35.5 Å². The first-order valence-corrected chi connectivity index (χ1v) is 29.2. The van der Waals surface area contributed by atoms with Crippen molar-refractivity contribution in [2.75, 3.05) is 0 Å². The van der Waals surface area contributed by atoms with Crippen molar-refractivity contribution in [2.24, 2.45) is 69.0 Å². The van der Waals surface area contributed by atoms with Gasteiger partial charge in [-0.2, -0.15) is 0 Å². The van der Waals surface area contributed by atoms with Crippen LogP contribution in [0.15, 0.2) is 42.7 Å². The predicted octanol–water partition coefficient (Wildman–Crippen LogP) is 15.2. The van der Waals surface area contributed by atoms with Crippen LogP contribution >= 0.6 is 42.6 Å². The SMILES string of the molecule is CC1=C(SP(=S)(SP(=S)(SC2=C(C)C3CC(C2)C3(C)C)C2=C(C)C3CC(C2)C3(C)C)C2=C(C)C3CC(C2)C3(C)C)CC2CC1C2(C)C. The second kappa shape index (κ2) is 10.9. The molecule has 0 aliphatic heterocycles. The highest BCUT2D eigenvalue weighted by Crippen LogP contribution is 2.97. The van der Waals surface area contributed by atoms with Gasteiger partial charge in [-0.15, -0.1) is 0 Å². The van der Waals surface area contributed by atoms with Gasteiger partial charge in [0.2, 0.25) is 0 Å². The van der Waals surface area contributed by atoms with Crippen molar-refractivity contribution in [3.8, 4) is 0 Å². The van der Waals surface area contributed by atoms with E-state index in [9.17, 15) is 0 Å². The third-order valence-corrected chi connectivity index (χ3v) is 43.3. The fraction of sp³-hybridized carbons (Fsp3) is 0.800. The molecule has 12 rings (SSSR count). The summed E-state index contributed by atoms with van der Waals surface area (Å²) in [6.45, 7) is 30.2. The number of allylic oxidation sites excluding steroid dienone is 8. The zero-order valence-corrected chi connectivity index (χ0v) is 37.1. The van der Waals surface area contributed by atoms with E-state index in [0.29, 0.717) is 33.5 Å². The zero-order chi connectivity index (χ0) is 34.0. The molecule has 0 saturated heterocycles. The molecule has 0 amide bonds. The van der Waals surface area contributed by atoms with Crippen LogP contribution in [-0.4, -0.2) is 0 Å². The molecule has 0 aromatic carbocycles. The lowest BCUT2D eigenvalue weighted by molar-refractivity contribution is -0.00741. The van der Waals surface area contributed by atoms with Crippen molar-refractivity contribution in [1.29, 1.82) is 0 Å². The van der Waals surface area contributed by atoms with Gasteiger partial charge in [0.15, 0.2) is 0 Å². The molecule has 0 radical (unpaired) electrons. The molecule has 10 atom stereocenters. The summed E-state index contributed by atoms with van der Waals surface area (Å²) in [5.41, 5.74) is 8.50. The standard InChI is InChI=1S/C40H60P2S5/c1-21-29-13-25(37(29,5)6)17-33(21)41(43,45-35-19-27-15-31(23(35)3)39(27,9)10)47-42(44,34-18-26-14-30(22(34)2)38(26,7)8)46-36-20-28-16-32(24(36)4)40(28,11)12/h25-32H,13-20H2,1-12H3. The maximum Gasteiger partial charge on any atom is 0.0911 e. The lowest BCUT2D eigenvalue weighted by atomic mass is 9.49. The maximum absolute atomic E-state index is 7.35. The number of hydrogen-bond acceptors (Lipinski definition) is 5. The Bertz CT molecular complexity index is 1560. The minimum absolute atomic E-state index is 0.427. The Kier molecular flexibility index (Phi) is 8.23. The molecular weight excluding hydrogens is 703 g/mol. The molecule has 0 spiro atoms. The van der Waals surface area contributed by atoms with Crippen LogP contribution in [-0.2, 0) is 23.6 Å². The first-order valence-electron chi connectivity index (χ1n) is 18.7. The minimum atomic E-state index is -2.08. The Morgan fingerprint density at radius 3 is 1.00 bits per heavy atom. The molecule has 7 heteroatoms. The number of fused-ring (bicyclic) bond motifs is 4. The van der Waals surface area contributed by atoms with Gasteiger partial charge < -0.3 is 0 Å². The van der Waals surface area contributed by atoms with Crippen molar-refractivity contribution in [3.63, 3.8) is 0 Å². The molecule has 12 aliphatic rings. The van der Waals surface area contributed by atoms with Crippen LogP contribution in [0.25, 0.3) is 0 Å². The molecule has 0 nitrogen and oxygen atoms in total. The van der Waals surface area contributed by atoms with Crippen LogP contribution in [0.4, 0.5) is 0 Å².